The van der Waals surface area contributed by atoms with Crippen molar-refractivity contribution in [2.24, 2.45) is 10.9 Å². The Balaban J connectivity index is 1.45. The molecule has 4 N–H and O–H groups in total. The number of terminal acetylenes is 1. The van der Waals surface area contributed by atoms with E-state index in [4.69, 9.17) is 21.7 Å². The second-order valence-electron chi connectivity index (χ2n) is 9.72. The Morgan fingerprint density at radius 1 is 1.38 bits per heavy atom. The van der Waals surface area contributed by atoms with Gasteiger partial charge in [-0.15, -0.1) is 23.3 Å². The Morgan fingerprint density at radius 3 is 2.79 bits per heavy atom. The number of carbonyl (C=O) groups is 4. The average molecular weight is 638 g/mol. The number of amides is 2. The fourth-order valence-corrected chi connectivity index (χ4v) is 6.91. The van der Waals surface area contributed by atoms with Gasteiger partial charge >= 0.3 is 11.9 Å². The third-order valence-corrected chi connectivity index (χ3v) is 8.73. The van der Waals surface area contributed by atoms with Crippen LogP contribution < -0.4 is 11.1 Å². The van der Waals surface area contributed by atoms with Crippen LogP contribution in [0.25, 0.3) is 0 Å². The van der Waals surface area contributed by atoms with E-state index in [0.717, 1.165) is 4.90 Å². The smallest absolute Gasteiger partial charge is 0.352 e. The van der Waals surface area contributed by atoms with Gasteiger partial charge in [-0.2, -0.15) is 0 Å². The van der Waals surface area contributed by atoms with Crippen molar-refractivity contribution >= 4 is 64.9 Å². The van der Waals surface area contributed by atoms with Gasteiger partial charge in [0.05, 0.1) is 0 Å². The average Bonchev–Trinajstić information content (AvgIpc) is 3.55. The van der Waals surface area contributed by atoms with Crippen molar-refractivity contribution in [1.82, 2.24) is 35.3 Å². The number of amidine groups is 1. The summed E-state index contributed by atoms with van der Waals surface area (Å²) in [5.74, 6) is -0.762. The molecule has 224 valence electrons. The van der Waals surface area contributed by atoms with Crippen LogP contribution in [0.3, 0.4) is 0 Å². The van der Waals surface area contributed by atoms with Gasteiger partial charge in [-0.3, -0.25) is 19.4 Å². The molecular weight excluding hydrogens is 611 g/mol. The van der Waals surface area contributed by atoms with Gasteiger partial charge in [0.15, 0.2) is 0 Å². The van der Waals surface area contributed by atoms with E-state index in [2.05, 4.69) is 31.9 Å². The Hall–Kier alpha value is -3.73. The number of nitrogens with two attached hydrogens (primary N) is 1. The zero-order chi connectivity index (χ0) is 30.6. The Labute approximate surface area is 252 Å². The first-order valence-electron chi connectivity index (χ1n) is 12.2. The Morgan fingerprint density at radius 2 is 2.14 bits per heavy atom. The van der Waals surface area contributed by atoms with Crippen molar-refractivity contribution in [2.45, 2.75) is 55.0 Å². The zero-order valence-electron chi connectivity index (χ0n) is 22.6. The Kier molecular flexibility index (Phi) is 9.71. The predicted molar refractivity (Wildman–Crippen MR) is 153 cm³/mol. The molecule has 0 radical (unpaired) electrons. The second kappa shape index (κ2) is 13.1. The lowest BCUT2D eigenvalue weighted by molar-refractivity contribution is -0.160. The van der Waals surface area contributed by atoms with Crippen LogP contribution in [0, 0.1) is 12.3 Å². The largest absolute Gasteiger partial charge is 0.477 e. The second-order valence-corrected chi connectivity index (χ2v) is 12.8. The molecule has 1 fully saturated rings. The minimum absolute atomic E-state index is 0.150. The molecule has 3 aliphatic rings. The first-order chi connectivity index (χ1) is 19.9. The maximum Gasteiger partial charge on any atom is 0.352 e. The molecule has 2 amide bonds. The van der Waals surface area contributed by atoms with Crippen molar-refractivity contribution < 1.29 is 33.9 Å². The summed E-state index contributed by atoms with van der Waals surface area (Å²) in [6.07, 6.45) is 6.83. The highest BCUT2D eigenvalue weighted by Crippen LogP contribution is 2.41. The Bertz CT molecular complexity index is 1400. The van der Waals surface area contributed by atoms with Crippen LogP contribution in [-0.4, -0.2) is 105 Å². The minimum atomic E-state index is -1.28. The number of oxime groups is 1. The van der Waals surface area contributed by atoms with Gasteiger partial charge in [0.25, 0.3) is 11.8 Å². The van der Waals surface area contributed by atoms with Gasteiger partial charge in [-0.1, -0.05) is 34.6 Å². The lowest BCUT2D eigenvalue weighted by Gasteiger charge is -2.49. The molecule has 16 nitrogen and oxygen atoms in total. The van der Waals surface area contributed by atoms with Gasteiger partial charge in [0.2, 0.25) is 17.6 Å². The van der Waals surface area contributed by atoms with E-state index in [0.29, 0.717) is 10.7 Å². The topological polar surface area (TPSA) is 207 Å². The minimum Gasteiger partial charge on any atom is -0.477 e. The normalized spacial score (nSPS) is 21.9. The molecule has 2 unspecified atom stereocenters. The number of esters is 1. The third kappa shape index (κ3) is 7.00. The number of carboxylic acids is 1. The number of fused-ring (bicyclic) bond motifs is 1. The van der Waals surface area contributed by atoms with E-state index < -0.39 is 52.9 Å². The molecule has 0 spiro atoms. The number of carbonyl (C=O) groups excluding carboxylic acids is 3. The summed E-state index contributed by atoms with van der Waals surface area (Å²) in [5.41, 5.74) is 4.93. The lowest BCUT2D eigenvalue weighted by Crippen LogP contribution is -2.71. The molecule has 42 heavy (non-hydrogen) atoms. The number of aromatic nitrogens is 4. The number of aliphatic carboxylic acids is 1. The van der Waals surface area contributed by atoms with E-state index in [1.54, 1.807) is 26.2 Å². The van der Waals surface area contributed by atoms with E-state index in [9.17, 15) is 24.3 Å². The molecule has 3 atom stereocenters. The fraction of sp³-hybridized carbons (Fsp3) is 0.478. The number of ether oxygens (including phenoxy) is 1. The number of nitrogens with one attached hydrogen (secondary N) is 1. The highest BCUT2D eigenvalue weighted by molar-refractivity contribution is 8.02. The number of tetrazole rings is 1. The van der Waals surface area contributed by atoms with Crippen molar-refractivity contribution in [3.8, 4) is 12.3 Å². The summed E-state index contributed by atoms with van der Waals surface area (Å²) < 4.78 is 6.57. The van der Waals surface area contributed by atoms with Crippen molar-refractivity contribution in [3.63, 3.8) is 0 Å². The molecule has 4 rings (SSSR count). The number of hydrogen-bond acceptors (Lipinski definition) is 14. The van der Waals surface area contributed by atoms with Crippen LogP contribution in [0.4, 0.5) is 0 Å². The van der Waals surface area contributed by atoms with Crippen LogP contribution in [0.5, 0.6) is 0 Å². The summed E-state index contributed by atoms with van der Waals surface area (Å²) in [4.78, 5) is 58.2. The predicted octanol–water partition coefficient (Wildman–Crippen LogP) is -0.429. The molecule has 19 heteroatoms. The van der Waals surface area contributed by atoms with E-state index in [1.165, 1.54) is 51.1 Å². The maximum atomic E-state index is 13.3. The van der Waals surface area contributed by atoms with E-state index in [-0.39, 0.29) is 29.6 Å². The maximum absolute atomic E-state index is 13.3. The van der Waals surface area contributed by atoms with Gasteiger partial charge in [0, 0.05) is 17.7 Å². The summed E-state index contributed by atoms with van der Waals surface area (Å²) >= 11 is 3.69. The molecular formula is C23H27N9O7S3. The van der Waals surface area contributed by atoms with Gasteiger partial charge < -0.3 is 25.7 Å². The van der Waals surface area contributed by atoms with Crippen molar-refractivity contribution in [1.29, 1.82) is 0 Å². The number of carboxylic acid groups (broad SMARTS) is 1. The number of hydrogen-bond donors (Lipinski definition) is 3. The molecule has 0 saturated carbocycles. The van der Waals surface area contributed by atoms with Crippen LogP contribution in [-0.2, 0) is 35.3 Å². The highest BCUT2D eigenvalue weighted by Gasteiger charge is 2.54. The van der Waals surface area contributed by atoms with Crippen LogP contribution in [0.1, 0.15) is 20.8 Å². The fourth-order valence-electron chi connectivity index (χ4n) is 3.88. The van der Waals surface area contributed by atoms with E-state index >= 15 is 0 Å². The molecule has 1 aromatic rings. The monoisotopic (exact) mass is 637 g/mol. The number of nitrogens with zero attached hydrogens (tertiary/aromatic N) is 7. The SMILES string of the molecule is C#CCn1nnnc1SCC1=C(C(=O)O)N2C(=O)C(NC(=O)/C(=N\OCC(=O)OC(C)(C)C)N3C=CSC3N)[C@H]2SC1. The molecule has 0 bridgehead atoms. The molecule has 1 saturated heterocycles. The first kappa shape index (κ1) is 31.2. The molecule has 0 aromatic carbocycles. The standard InChI is InChI=1S/C23H27N9O7S3/c1-5-6-31-22(26-28-29-31)42-11-12-10-41-19-14(18(35)32(19)15(12)20(36)37)25-17(34)16(30-7-8-40-21(30)24)27-38-9-13(33)39-23(2,3)4/h1,7-8,14,19,21H,6,9-11,24H2,2-4H3,(H,25,34)(H,36,37)/b27-16+/t14?,19-,21?/m1/s1. The molecule has 1 aromatic heterocycles. The highest BCUT2D eigenvalue weighted by atomic mass is 32.2. The lowest BCUT2D eigenvalue weighted by atomic mass is 10.0. The molecule has 0 aliphatic carbocycles. The molecule has 4 heterocycles. The van der Waals surface area contributed by atoms with E-state index in [1.807, 2.05) is 0 Å². The zero-order valence-corrected chi connectivity index (χ0v) is 25.1. The summed E-state index contributed by atoms with van der Waals surface area (Å²) in [7, 11) is 0. The van der Waals surface area contributed by atoms with Gasteiger partial charge in [-0.05, 0) is 42.2 Å². The van der Waals surface area contributed by atoms with Crippen LogP contribution >= 0.6 is 35.3 Å². The third-order valence-electron chi connectivity index (χ3n) is 5.57. The van der Waals surface area contributed by atoms with Gasteiger partial charge in [-0.25, -0.2) is 14.3 Å². The number of β-lactam (4-membered cyclic amide) rings is 1. The van der Waals surface area contributed by atoms with Crippen LogP contribution in [0.15, 0.2) is 33.2 Å². The van der Waals surface area contributed by atoms with Crippen molar-refractivity contribution in [2.75, 3.05) is 18.1 Å². The summed E-state index contributed by atoms with van der Waals surface area (Å²) in [6, 6.07) is -1.04. The first-order valence-corrected chi connectivity index (χ1v) is 15.2. The van der Waals surface area contributed by atoms with Crippen molar-refractivity contribution in [3.05, 3.63) is 22.9 Å². The summed E-state index contributed by atoms with van der Waals surface area (Å²) in [6.45, 7) is 4.67. The van der Waals surface area contributed by atoms with Crippen LogP contribution in [0.2, 0.25) is 0 Å². The summed E-state index contributed by atoms with van der Waals surface area (Å²) in [5, 5.41) is 29.0. The number of rotatable bonds is 9. The number of thioether (sulfide) groups is 3. The van der Waals surface area contributed by atoms with Gasteiger partial charge in [0.1, 0.15) is 34.8 Å². The molecule has 3 aliphatic heterocycles. The quantitative estimate of drug-likeness (QED) is 0.0597.